The molecular formula is C19H25NO4. The van der Waals surface area contributed by atoms with Crippen molar-refractivity contribution in [3.63, 3.8) is 0 Å². The summed E-state index contributed by atoms with van der Waals surface area (Å²) in [5, 5.41) is 9.32. The van der Waals surface area contributed by atoms with E-state index in [-0.39, 0.29) is 41.3 Å². The summed E-state index contributed by atoms with van der Waals surface area (Å²) >= 11 is 0. The first kappa shape index (κ1) is 18.2. The van der Waals surface area contributed by atoms with Gasteiger partial charge in [-0.15, -0.1) is 0 Å². The van der Waals surface area contributed by atoms with Crippen LogP contribution in [0.1, 0.15) is 62.7 Å². The zero-order chi connectivity index (χ0) is 17.7. The number of imide groups is 1. The molecule has 2 atom stereocenters. The van der Waals surface area contributed by atoms with Gasteiger partial charge < -0.3 is 5.11 Å². The van der Waals surface area contributed by atoms with E-state index in [1.54, 1.807) is 12.1 Å². The summed E-state index contributed by atoms with van der Waals surface area (Å²) in [6.07, 6.45) is 5.09. The summed E-state index contributed by atoms with van der Waals surface area (Å²) in [7, 11) is 0. The highest BCUT2D eigenvalue weighted by atomic mass is 16.4. The molecule has 1 aromatic rings. The minimum atomic E-state index is -1.13. The molecule has 0 aromatic heterocycles. The monoisotopic (exact) mass is 331 g/mol. The Bertz CT molecular complexity index is 626. The Morgan fingerprint density at radius 3 is 2.54 bits per heavy atom. The van der Waals surface area contributed by atoms with Gasteiger partial charge in [0.15, 0.2) is 0 Å². The molecule has 0 aliphatic carbocycles. The predicted octanol–water partition coefficient (Wildman–Crippen LogP) is 3.87. The van der Waals surface area contributed by atoms with E-state index in [9.17, 15) is 19.5 Å². The third-order valence-corrected chi connectivity index (χ3v) is 4.71. The van der Waals surface area contributed by atoms with E-state index in [1.165, 1.54) is 12.1 Å². The second kappa shape index (κ2) is 8.08. The van der Waals surface area contributed by atoms with E-state index < -0.39 is 5.97 Å². The molecule has 1 aromatic carbocycles. The molecule has 24 heavy (non-hydrogen) atoms. The standard InChI is InChI=1S/C19H25NO4/c1-3-5-9-13(8-4-2)15-12-17(21)20(18(15)22)16-11-7-6-10-14(16)19(23)24/h6-7,10-11,13,15H,3-5,8-9,12H2,1-2H3,(H,23,24). The third-order valence-electron chi connectivity index (χ3n) is 4.71. The highest BCUT2D eigenvalue weighted by Gasteiger charge is 2.43. The SMILES string of the molecule is CCCCC(CCC)C1CC(=O)N(c2ccccc2C(=O)O)C1=O. The number of nitrogens with zero attached hydrogens (tertiary/aromatic N) is 1. The normalized spacial score (nSPS) is 18.9. The number of unbranched alkanes of at least 4 members (excludes halogenated alkanes) is 1. The van der Waals surface area contributed by atoms with E-state index in [1.807, 2.05) is 0 Å². The van der Waals surface area contributed by atoms with Crippen LogP contribution in [0.25, 0.3) is 0 Å². The number of anilines is 1. The van der Waals surface area contributed by atoms with Gasteiger partial charge in [0.05, 0.1) is 17.2 Å². The molecule has 0 bridgehead atoms. The van der Waals surface area contributed by atoms with E-state index in [4.69, 9.17) is 0 Å². The molecule has 0 spiro atoms. The third kappa shape index (κ3) is 3.66. The molecule has 2 amide bonds. The first-order chi connectivity index (χ1) is 11.5. The van der Waals surface area contributed by atoms with E-state index in [0.29, 0.717) is 0 Å². The Kier molecular flexibility index (Phi) is 6.12. The molecule has 1 saturated heterocycles. The summed E-state index contributed by atoms with van der Waals surface area (Å²) in [5.74, 6) is -1.82. The van der Waals surface area contributed by atoms with Gasteiger partial charge in [-0.2, -0.15) is 0 Å². The number of carbonyl (C=O) groups excluding carboxylic acids is 2. The van der Waals surface area contributed by atoms with Gasteiger partial charge >= 0.3 is 5.97 Å². The second-order valence-electron chi connectivity index (χ2n) is 6.39. The fraction of sp³-hybridized carbons (Fsp3) is 0.526. The number of amides is 2. The number of benzene rings is 1. The molecule has 1 N–H and O–H groups in total. The number of rotatable bonds is 8. The molecule has 1 fully saturated rings. The maximum absolute atomic E-state index is 12.9. The lowest BCUT2D eigenvalue weighted by Crippen LogP contribution is -2.33. The van der Waals surface area contributed by atoms with Crippen molar-refractivity contribution in [2.45, 2.75) is 52.4 Å². The van der Waals surface area contributed by atoms with Crippen molar-refractivity contribution in [2.24, 2.45) is 11.8 Å². The minimum absolute atomic E-state index is 0.0135. The Morgan fingerprint density at radius 2 is 1.92 bits per heavy atom. The zero-order valence-corrected chi connectivity index (χ0v) is 14.3. The van der Waals surface area contributed by atoms with Crippen LogP contribution in [0.15, 0.2) is 24.3 Å². The Balaban J connectivity index is 2.30. The van der Waals surface area contributed by atoms with Crippen LogP contribution in [0.2, 0.25) is 0 Å². The number of aromatic carboxylic acids is 1. The van der Waals surface area contributed by atoms with Gasteiger partial charge in [0.1, 0.15) is 0 Å². The number of hydrogen-bond donors (Lipinski definition) is 1. The van der Waals surface area contributed by atoms with E-state index in [0.717, 1.165) is 37.0 Å². The van der Waals surface area contributed by atoms with Crippen LogP contribution >= 0.6 is 0 Å². The molecule has 1 heterocycles. The van der Waals surface area contributed by atoms with Gasteiger partial charge in [-0.3, -0.25) is 9.59 Å². The van der Waals surface area contributed by atoms with Crippen LogP contribution in [0, 0.1) is 11.8 Å². The van der Waals surface area contributed by atoms with Crippen LogP contribution in [-0.2, 0) is 9.59 Å². The van der Waals surface area contributed by atoms with Crippen LogP contribution in [0.5, 0.6) is 0 Å². The van der Waals surface area contributed by atoms with Crippen molar-refractivity contribution in [3.05, 3.63) is 29.8 Å². The molecule has 1 aliphatic heterocycles. The van der Waals surface area contributed by atoms with Gasteiger partial charge in [-0.05, 0) is 30.9 Å². The zero-order valence-electron chi connectivity index (χ0n) is 14.3. The first-order valence-electron chi connectivity index (χ1n) is 8.70. The summed E-state index contributed by atoms with van der Waals surface area (Å²) < 4.78 is 0. The molecular weight excluding hydrogens is 306 g/mol. The molecule has 1 aliphatic rings. The minimum Gasteiger partial charge on any atom is -0.478 e. The number of para-hydroxylation sites is 1. The van der Waals surface area contributed by atoms with Crippen molar-refractivity contribution >= 4 is 23.5 Å². The fourth-order valence-corrected chi connectivity index (χ4v) is 3.51. The molecule has 5 nitrogen and oxygen atoms in total. The summed E-state index contributed by atoms with van der Waals surface area (Å²) in [5.41, 5.74) is 0.175. The van der Waals surface area contributed by atoms with Gasteiger partial charge in [0.25, 0.3) is 0 Å². The predicted molar refractivity (Wildman–Crippen MR) is 91.9 cm³/mol. The van der Waals surface area contributed by atoms with E-state index in [2.05, 4.69) is 13.8 Å². The Labute approximate surface area is 142 Å². The van der Waals surface area contributed by atoms with Crippen molar-refractivity contribution in [3.8, 4) is 0 Å². The average molecular weight is 331 g/mol. The highest BCUT2D eigenvalue weighted by Crippen LogP contribution is 2.36. The van der Waals surface area contributed by atoms with Crippen molar-refractivity contribution in [1.29, 1.82) is 0 Å². The number of carboxylic acids is 1. The van der Waals surface area contributed by atoms with Crippen molar-refractivity contribution in [2.75, 3.05) is 4.90 Å². The lowest BCUT2D eigenvalue weighted by molar-refractivity contribution is -0.123. The van der Waals surface area contributed by atoms with Crippen LogP contribution < -0.4 is 4.90 Å². The van der Waals surface area contributed by atoms with Gasteiger partial charge in [0.2, 0.25) is 11.8 Å². The molecule has 0 saturated carbocycles. The Morgan fingerprint density at radius 1 is 1.21 bits per heavy atom. The topological polar surface area (TPSA) is 74.7 Å². The number of carboxylic acid groups (broad SMARTS) is 1. The maximum atomic E-state index is 12.9. The van der Waals surface area contributed by atoms with Gasteiger partial charge in [0, 0.05) is 6.42 Å². The summed E-state index contributed by atoms with van der Waals surface area (Å²) in [6, 6.07) is 6.20. The molecule has 5 heteroatoms. The summed E-state index contributed by atoms with van der Waals surface area (Å²) in [4.78, 5) is 37.8. The summed E-state index contributed by atoms with van der Waals surface area (Å²) in [6.45, 7) is 4.19. The van der Waals surface area contributed by atoms with E-state index >= 15 is 0 Å². The Hall–Kier alpha value is -2.17. The largest absolute Gasteiger partial charge is 0.478 e. The average Bonchev–Trinajstić information content (AvgIpc) is 2.86. The van der Waals surface area contributed by atoms with Crippen molar-refractivity contribution in [1.82, 2.24) is 0 Å². The first-order valence-corrected chi connectivity index (χ1v) is 8.70. The lowest BCUT2D eigenvalue weighted by Gasteiger charge is -2.22. The molecule has 0 radical (unpaired) electrons. The molecule has 2 unspecified atom stereocenters. The van der Waals surface area contributed by atoms with Crippen LogP contribution in [0.3, 0.4) is 0 Å². The van der Waals surface area contributed by atoms with Crippen LogP contribution in [0.4, 0.5) is 5.69 Å². The number of hydrogen-bond acceptors (Lipinski definition) is 3. The molecule has 2 rings (SSSR count). The second-order valence-corrected chi connectivity index (χ2v) is 6.39. The maximum Gasteiger partial charge on any atom is 0.337 e. The van der Waals surface area contributed by atoms with Crippen molar-refractivity contribution < 1.29 is 19.5 Å². The fourth-order valence-electron chi connectivity index (χ4n) is 3.51. The van der Waals surface area contributed by atoms with Gasteiger partial charge in [-0.25, -0.2) is 9.69 Å². The number of carbonyl (C=O) groups is 3. The highest BCUT2D eigenvalue weighted by molar-refractivity contribution is 6.22. The quantitative estimate of drug-likeness (QED) is 0.734. The van der Waals surface area contributed by atoms with Gasteiger partial charge in [-0.1, -0.05) is 45.2 Å². The van der Waals surface area contributed by atoms with Crippen LogP contribution in [-0.4, -0.2) is 22.9 Å². The smallest absolute Gasteiger partial charge is 0.337 e. The lowest BCUT2D eigenvalue weighted by atomic mass is 9.83. The molecule has 130 valence electrons.